The molecule has 0 unspecified atom stereocenters. The molecule has 0 fully saturated rings. The van der Waals surface area contributed by atoms with Crippen LogP contribution in [0.3, 0.4) is 0 Å². The summed E-state index contributed by atoms with van der Waals surface area (Å²) in [7, 11) is 0. The predicted octanol–water partition coefficient (Wildman–Crippen LogP) is 1.55. The van der Waals surface area contributed by atoms with Crippen molar-refractivity contribution in [1.82, 2.24) is 4.98 Å². The fraction of sp³-hybridized carbons (Fsp3) is 0.0833. The molecular formula is C12H12N4O2S2. The maximum atomic E-state index is 11.7. The Morgan fingerprint density at radius 1 is 1.30 bits per heavy atom. The minimum Gasteiger partial charge on any atom is -0.375 e. The Balaban J connectivity index is 1.86. The van der Waals surface area contributed by atoms with E-state index in [1.54, 1.807) is 30.5 Å². The van der Waals surface area contributed by atoms with E-state index in [1.165, 1.54) is 23.1 Å². The Morgan fingerprint density at radius 2 is 2.00 bits per heavy atom. The molecule has 2 aromatic rings. The van der Waals surface area contributed by atoms with Crippen LogP contribution in [0, 0.1) is 0 Å². The molecule has 20 heavy (non-hydrogen) atoms. The van der Waals surface area contributed by atoms with Crippen LogP contribution < -0.4 is 16.8 Å². The normalized spacial score (nSPS) is 10.2. The Bertz CT molecular complexity index is 625. The average Bonchev–Trinajstić information content (AvgIpc) is 2.83. The lowest BCUT2D eigenvalue weighted by molar-refractivity contribution is -0.113. The topological polar surface area (TPSA) is 111 Å². The minimum absolute atomic E-state index is 0.145. The van der Waals surface area contributed by atoms with Crippen molar-refractivity contribution < 1.29 is 9.59 Å². The molecule has 0 atom stereocenters. The van der Waals surface area contributed by atoms with Crippen LogP contribution in [0.5, 0.6) is 0 Å². The van der Waals surface area contributed by atoms with E-state index in [0.29, 0.717) is 16.4 Å². The molecule has 8 heteroatoms. The zero-order valence-corrected chi connectivity index (χ0v) is 12.0. The van der Waals surface area contributed by atoms with Gasteiger partial charge >= 0.3 is 0 Å². The highest BCUT2D eigenvalue weighted by Crippen LogP contribution is 2.26. The summed E-state index contributed by atoms with van der Waals surface area (Å²) < 4.78 is 0.890. The SMILES string of the molecule is NC(=O)c1ccc(NC(=O)CSc2cnc(N)s2)cc1. The summed E-state index contributed by atoms with van der Waals surface area (Å²) in [6, 6.07) is 6.39. The Labute approximate surface area is 123 Å². The molecule has 0 saturated carbocycles. The number of benzene rings is 1. The standard InChI is InChI=1S/C12H12N4O2S2/c13-11(18)7-1-3-8(4-2-7)16-9(17)6-19-10-5-15-12(14)20-10/h1-5H,6H2,(H2,13,18)(H2,14,15)(H,16,17). The van der Waals surface area contributed by atoms with Gasteiger partial charge in [-0.25, -0.2) is 4.98 Å². The Kier molecular flexibility index (Phi) is 4.59. The lowest BCUT2D eigenvalue weighted by atomic mass is 10.2. The zero-order chi connectivity index (χ0) is 14.5. The summed E-state index contributed by atoms with van der Waals surface area (Å²) >= 11 is 2.71. The molecule has 1 aromatic carbocycles. The van der Waals surface area contributed by atoms with Crippen molar-refractivity contribution in [1.29, 1.82) is 0 Å². The fourth-order valence-corrected chi connectivity index (χ4v) is 2.95. The lowest BCUT2D eigenvalue weighted by Gasteiger charge is -2.04. The molecule has 0 radical (unpaired) electrons. The monoisotopic (exact) mass is 308 g/mol. The summed E-state index contributed by atoms with van der Waals surface area (Å²) in [5.74, 6) is -0.380. The van der Waals surface area contributed by atoms with Crippen molar-refractivity contribution >= 4 is 45.7 Å². The highest BCUT2D eigenvalue weighted by Gasteiger charge is 2.06. The van der Waals surface area contributed by atoms with Crippen LogP contribution in [0.4, 0.5) is 10.8 Å². The van der Waals surface area contributed by atoms with Gasteiger partial charge in [-0.05, 0) is 24.3 Å². The molecule has 0 aliphatic heterocycles. The first kappa shape index (κ1) is 14.4. The number of rotatable bonds is 5. The van der Waals surface area contributed by atoms with E-state index in [4.69, 9.17) is 11.5 Å². The van der Waals surface area contributed by atoms with Crippen molar-refractivity contribution in [2.75, 3.05) is 16.8 Å². The second-order valence-electron chi connectivity index (χ2n) is 3.80. The molecule has 0 aliphatic carbocycles. The number of thioether (sulfide) groups is 1. The quantitative estimate of drug-likeness (QED) is 0.726. The molecule has 0 saturated heterocycles. The van der Waals surface area contributed by atoms with Gasteiger partial charge < -0.3 is 16.8 Å². The summed E-state index contributed by atoms with van der Waals surface area (Å²) in [6.45, 7) is 0. The third-order valence-electron chi connectivity index (χ3n) is 2.30. The first-order chi connectivity index (χ1) is 9.54. The van der Waals surface area contributed by atoms with Gasteiger partial charge in [0.25, 0.3) is 0 Å². The molecule has 1 aromatic heterocycles. The molecule has 5 N–H and O–H groups in total. The largest absolute Gasteiger partial charge is 0.375 e. The van der Waals surface area contributed by atoms with Gasteiger partial charge in [-0.15, -0.1) is 11.8 Å². The van der Waals surface area contributed by atoms with Gasteiger partial charge in [0.1, 0.15) is 0 Å². The van der Waals surface area contributed by atoms with Gasteiger partial charge in [0.05, 0.1) is 16.2 Å². The van der Waals surface area contributed by atoms with E-state index in [0.717, 1.165) is 4.21 Å². The van der Waals surface area contributed by atoms with E-state index >= 15 is 0 Å². The lowest BCUT2D eigenvalue weighted by Crippen LogP contribution is -2.14. The number of nitrogen functional groups attached to an aromatic ring is 1. The number of thiazole rings is 1. The summed E-state index contributed by atoms with van der Waals surface area (Å²) in [5, 5.41) is 3.21. The number of nitrogens with two attached hydrogens (primary N) is 2. The molecule has 0 bridgehead atoms. The fourth-order valence-electron chi connectivity index (χ4n) is 1.39. The van der Waals surface area contributed by atoms with Crippen LogP contribution >= 0.6 is 23.1 Å². The molecule has 0 aliphatic rings. The number of carbonyl (C=O) groups is 2. The summed E-state index contributed by atoms with van der Waals surface area (Å²) in [4.78, 5) is 26.6. The maximum absolute atomic E-state index is 11.7. The number of nitrogens with one attached hydrogen (secondary N) is 1. The van der Waals surface area contributed by atoms with Gasteiger partial charge in [0.15, 0.2) is 5.13 Å². The number of hydrogen-bond donors (Lipinski definition) is 3. The van der Waals surface area contributed by atoms with Crippen LogP contribution in [0.1, 0.15) is 10.4 Å². The highest BCUT2D eigenvalue weighted by atomic mass is 32.2. The van der Waals surface area contributed by atoms with Crippen LogP contribution in [0.25, 0.3) is 0 Å². The van der Waals surface area contributed by atoms with Crippen LogP contribution in [-0.2, 0) is 4.79 Å². The van der Waals surface area contributed by atoms with Crippen LogP contribution in [0.2, 0.25) is 0 Å². The molecule has 104 valence electrons. The van der Waals surface area contributed by atoms with Crippen LogP contribution in [0.15, 0.2) is 34.7 Å². The second kappa shape index (κ2) is 6.40. The van der Waals surface area contributed by atoms with Crippen molar-refractivity contribution in [2.45, 2.75) is 4.21 Å². The van der Waals surface area contributed by atoms with Gasteiger partial charge in [-0.3, -0.25) is 9.59 Å². The van der Waals surface area contributed by atoms with E-state index in [2.05, 4.69) is 10.3 Å². The van der Waals surface area contributed by atoms with Gasteiger partial charge in [0, 0.05) is 11.3 Å². The van der Waals surface area contributed by atoms with Crippen molar-refractivity contribution in [3.63, 3.8) is 0 Å². The third kappa shape index (κ3) is 3.97. The van der Waals surface area contributed by atoms with Gasteiger partial charge in [-0.1, -0.05) is 11.3 Å². The molecule has 2 rings (SSSR count). The van der Waals surface area contributed by atoms with E-state index in [-0.39, 0.29) is 11.7 Å². The minimum atomic E-state index is -0.499. The number of primary amides is 1. The number of amides is 2. The van der Waals surface area contributed by atoms with Crippen molar-refractivity contribution in [3.8, 4) is 0 Å². The zero-order valence-electron chi connectivity index (χ0n) is 10.3. The van der Waals surface area contributed by atoms with Crippen LogP contribution in [-0.4, -0.2) is 22.6 Å². The predicted molar refractivity (Wildman–Crippen MR) is 80.8 cm³/mol. The first-order valence-corrected chi connectivity index (χ1v) is 7.38. The van der Waals surface area contributed by atoms with E-state index < -0.39 is 5.91 Å². The molecule has 2 amide bonds. The highest BCUT2D eigenvalue weighted by molar-refractivity contribution is 8.01. The number of nitrogens with zero attached hydrogens (tertiary/aromatic N) is 1. The molecule has 1 heterocycles. The summed E-state index contributed by atoms with van der Waals surface area (Å²) in [5.41, 5.74) is 11.7. The molecular weight excluding hydrogens is 296 g/mol. The van der Waals surface area contributed by atoms with Gasteiger partial charge in [0.2, 0.25) is 11.8 Å². The maximum Gasteiger partial charge on any atom is 0.248 e. The smallest absolute Gasteiger partial charge is 0.248 e. The average molecular weight is 308 g/mol. The number of carbonyl (C=O) groups excluding carboxylic acids is 2. The summed E-state index contributed by atoms with van der Waals surface area (Å²) in [6.07, 6.45) is 1.64. The van der Waals surface area contributed by atoms with Crippen molar-refractivity contribution in [2.24, 2.45) is 5.73 Å². The van der Waals surface area contributed by atoms with Gasteiger partial charge in [-0.2, -0.15) is 0 Å². The number of hydrogen-bond acceptors (Lipinski definition) is 6. The molecule has 0 spiro atoms. The Morgan fingerprint density at radius 3 is 2.55 bits per heavy atom. The second-order valence-corrected chi connectivity index (χ2v) is 6.13. The Hall–Kier alpha value is -2.06. The van der Waals surface area contributed by atoms with Crippen molar-refractivity contribution in [3.05, 3.63) is 36.0 Å². The van der Waals surface area contributed by atoms with E-state index in [1.807, 2.05) is 0 Å². The third-order valence-corrected chi connectivity index (χ3v) is 4.32. The molecule has 6 nitrogen and oxygen atoms in total. The van der Waals surface area contributed by atoms with E-state index in [9.17, 15) is 9.59 Å². The first-order valence-electron chi connectivity index (χ1n) is 5.58. The number of aromatic nitrogens is 1. The number of anilines is 2.